The molecule has 0 heterocycles. The molecule has 0 radical (unpaired) electrons. The lowest BCUT2D eigenvalue weighted by atomic mass is 10.1. The van der Waals surface area contributed by atoms with E-state index in [2.05, 4.69) is 0 Å². The number of hydrogen-bond acceptors (Lipinski definition) is 5. The molecular formula is C13H18O5. The van der Waals surface area contributed by atoms with E-state index in [1.807, 2.05) is 0 Å². The van der Waals surface area contributed by atoms with Gasteiger partial charge in [0.25, 0.3) is 0 Å². The van der Waals surface area contributed by atoms with Crippen LogP contribution in [0.2, 0.25) is 0 Å². The first-order valence-corrected chi connectivity index (χ1v) is 5.68. The molecule has 1 N–H and O–H groups in total. The van der Waals surface area contributed by atoms with Crippen molar-refractivity contribution in [2.75, 3.05) is 33.5 Å². The van der Waals surface area contributed by atoms with Crippen molar-refractivity contribution in [3.8, 4) is 11.5 Å². The summed E-state index contributed by atoms with van der Waals surface area (Å²) < 4.78 is 15.6. The number of aliphatic hydroxyl groups excluding tert-OH is 1. The van der Waals surface area contributed by atoms with E-state index >= 15 is 0 Å². The third-order valence-electron chi connectivity index (χ3n) is 2.20. The van der Waals surface area contributed by atoms with Gasteiger partial charge in [-0.2, -0.15) is 0 Å². The van der Waals surface area contributed by atoms with Crippen LogP contribution >= 0.6 is 0 Å². The fourth-order valence-electron chi connectivity index (χ4n) is 1.35. The number of Topliss-reactive ketones (excluding diaryl/α,β-unsaturated/α-hetero) is 1. The molecule has 100 valence electrons. The summed E-state index contributed by atoms with van der Waals surface area (Å²) in [5.41, 5.74) is 0.512. The molecular weight excluding hydrogens is 236 g/mol. The molecule has 0 unspecified atom stereocenters. The molecule has 1 aromatic rings. The van der Waals surface area contributed by atoms with Crippen molar-refractivity contribution in [1.29, 1.82) is 0 Å². The summed E-state index contributed by atoms with van der Waals surface area (Å²) in [4.78, 5) is 11.4. The molecule has 0 aliphatic heterocycles. The molecule has 0 spiro atoms. The predicted molar refractivity (Wildman–Crippen MR) is 66.4 cm³/mol. The molecule has 0 bridgehead atoms. The van der Waals surface area contributed by atoms with Crippen molar-refractivity contribution in [3.63, 3.8) is 0 Å². The monoisotopic (exact) mass is 254 g/mol. The molecule has 0 aromatic heterocycles. The Hall–Kier alpha value is -1.59. The van der Waals surface area contributed by atoms with Crippen LogP contribution in [0, 0.1) is 0 Å². The molecule has 5 nitrogen and oxygen atoms in total. The molecule has 0 amide bonds. The molecule has 0 saturated heterocycles. The van der Waals surface area contributed by atoms with Crippen LogP contribution in [0.1, 0.15) is 17.3 Å². The van der Waals surface area contributed by atoms with Crippen LogP contribution in [0.15, 0.2) is 18.2 Å². The number of hydrogen-bond donors (Lipinski definition) is 1. The van der Waals surface area contributed by atoms with Crippen molar-refractivity contribution >= 4 is 5.78 Å². The standard InChI is InChI=1S/C13H18O5/c1-10(15)11-7-12(17-4-3-14)9-13(8-11)18-6-5-16-2/h7-9,14H,3-6H2,1-2H3. The second-order valence-electron chi connectivity index (χ2n) is 3.66. The Kier molecular flexibility index (Phi) is 6.18. The van der Waals surface area contributed by atoms with Crippen LogP contribution in [0.25, 0.3) is 0 Å². The van der Waals surface area contributed by atoms with Crippen molar-refractivity contribution in [2.45, 2.75) is 6.92 Å². The fourth-order valence-corrected chi connectivity index (χ4v) is 1.35. The van der Waals surface area contributed by atoms with E-state index in [1.165, 1.54) is 6.92 Å². The molecule has 1 rings (SSSR count). The number of methoxy groups -OCH3 is 1. The number of aliphatic hydroxyl groups is 1. The van der Waals surface area contributed by atoms with E-state index < -0.39 is 0 Å². The third kappa shape index (κ3) is 4.73. The summed E-state index contributed by atoms with van der Waals surface area (Å²) in [6, 6.07) is 4.96. The van der Waals surface area contributed by atoms with Gasteiger partial charge in [-0.25, -0.2) is 0 Å². The number of carbonyl (C=O) groups is 1. The molecule has 0 saturated carbocycles. The average Bonchev–Trinajstić information content (AvgIpc) is 2.36. The maximum Gasteiger partial charge on any atom is 0.160 e. The summed E-state index contributed by atoms with van der Waals surface area (Å²) in [5, 5.41) is 8.71. The Morgan fingerprint density at radius 1 is 1.11 bits per heavy atom. The van der Waals surface area contributed by atoms with Crippen LogP contribution in [-0.2, 0) is 4.74 Å². The van der Waals surface area contributed by atoms with E-state index in [4.69, 9.17) is 19.3 Å². The van der Waals surface area contributed by atoms with Gasteiger partial charge >= 0.3 is 0 Å². The SMILES string of the molecule is COCCOc1cc(OCCO)cc(C(C)=O)c1. The molecule has 1 aromatic carbocycles. The highest BCUT2D eigenvalue weighted by Crippen LogP contribution is 2.23. The second kappa shape index (κ2) is 7.68. The van der Waals surface area contributed by atoms with Gasteiger partial charge in [0.15, 0.2) is 5.78 Å². The van der Waals surface area contributed by atoms with Gasteiger partial charge in [0.2, 0.25) is 0 Å². The zero-order chi connectivity index (χ0) is 13.4. The Morgan fingerprint density at radius 3 is 2.22 bits per heavy atom. The Balaban J connectivity index is 2.80. The largest absolute Gasteiger partial charge is 0.491 e. The number of ether oxygens (including phenoxy) is 3. The first-order chi connectivity index (χ1) is 8.67. The summed E-state index contributed by atoms with van der Waals surface area (Å²) in [6.45, 7) is 2.45. The first-order valence-electron chi connectivity index (χ1n) is 5.68. The molecule has 5 heteroatoms. The number of benzene rings is 1. The van der Waals surface area contributed by atoms with Gasteiger partial charge in [-0.3, -0.25) is 4.79 Å². The minimum absolute atomic E-state index is 0.0685. The van der Waals surface area contributed by atoms with E-state index in [0.29, 0.717) is 30.3 Å². The number of ketones is 1. The van der Waals surface area contributed by atoms with Crippen molar-refractivity contribution in [1.82, 2.24) is 0 Å². The summed E-state index contributed by atoms with van der Waals surface area (Å²) in [6.07, 6.45) is 0. The maximum absolute atomic E-state index is 11.4. The molecule has 0 aliphatic carbocycles. The van der Waals surface area contributed by atoms with Crippen molar-refractivity contribution < 1.29 is 24.1 Å². The van der Waals surface area contributed by atoms with Crippen molar-refractivity contribution in [3.05, 3.63) is 23.8 Å². The van der Waals surface area contributed by atoms with E-state index in [-0.39, 0.29) is 19.0 Å². The van der Waals surface area contributed by atoms with Gasteiger partial charge in [-0.05, 0) is 19.1 Å². The Bertz CT molecular complexity index is 389. The van der Waals surface area contributed by atoms with E-state index in [0.717, 1.165) is 0 Å². The molecule has 0 atom stereocenters. The summed E-state index contributed by atoms with van der Waals surface area (Å²) in [7, 11) is 1.59. The number of rotatable bonds is 8. The topological polar surface area (TPSA) is 65.0 Å². The lowest BCUT2D eigenvalue weighted by molar-refractivity contribution is 0.101. The van der Waals surface area contributed by atoms with Crippen LogP contribution in [0.5, 0.6) is 11.5 Å². The zero-order valence-electron chi connectivity index (χ0n) is 10.6. The highest BCUT2D eigenvalue weighted by molar-refractivity contribution is 5.94. The second-order valence-corrected chi connectivity index (χ2v) is 3.66. The van der Waals surface area contributed by atoms with Gasteiger partial charge in [-0.1, -0.05) is 0 Å². The molecule has 0 aliphatic rings. The highest BCUT2D eigenvalue weighted by atomic mass is 16.5. The van der Waals surface area contributed by atoms with Gasteiger partial charge in [-0.15, -0.1) is 0 Å². The Morgan fingerprint density at radius 2 is 1.72 bits per heavy atom. The third-order valence-corrected chi connectivity index (χ3v) is 2.20. The minimum Gasteiger partial charge on any atom is -0.491 e. The van der Waals surface area contributed by atoms with Gasteiger partial charge in [0.1, 0.15) is 24.7 Å². The smallest absolute Gasteiger partial charge is 0.160 e. The van der Waals surface area contributed by atoms with Crippen LogP contribution < -0.4 is 9.47 Å². The normalized spacial score (nSPS) is 10.2. The lowest BCUT2D eigenvalue weighted by Crippen LogP contribution is -2.06. The van der Waals surface area contributed by atoms with E-state index in [9.17, 15) is 4.79 Å². The molecule has 0 fully saturated rings. The highest BCUT2D eigenvalue weighted by Gasteiger charge is 2.06. The lowest BCUT2D eigenvalue weighted by Gasteiger charge is -2.10. The number of carbonyl (C=O) groups excluding carboxylic acids is 1. The van der Waals surface area contributed by atoms with Crippen LogP contribution in [0.3, 0.4) is 0 Å². The molecule has 18 heavy (non-hydrogen) atoms. The Labute approximate surface area is 106 Å². The van der Waals surface area contributed by atoms with E-state index in [1.54, 1.807) is 25.3 Å². The van der Waals surface area contributed by atoms with Crippen molar-refractivity contribution in [2.24, 2.45) is 0 Å². The maximum atomic E-state index is 11.4. The van der Waals surface area contributed by atoms with Gasteiger partial charge in [0, 0.05) is 18.7 Å². The van der Waals surface area contributed by atoms with Gasteiger partial charge in [0.05, 0.1) is 13.2 Å². The minimum atomic E-state index is -0.0792. The quantitative estimate of drug-likeness (QED) is 0.559. The van der Waals surface area contributed by atoms with Crippen LogP contribution in [-0.4, -0.2) is 44.4 Å². The summed E-state index contributed by atoms with van der Waals surface area (Å²) >= 11 is 0. The average molecular weight is 254 g/mol. The van der Waals surface area contributed by atoms with Gasteiger partial charge < -0.3 is 19.3 Å². The first kappa shape index (κ1) is 14.5. The van der Waals surface area contributed by atoms with Crippen LogP contribution in [0.4, 0.5) is 0 Å². The summed E-state index contributed by atoms with van der Waals surface area (Å²) in [5.74, 6) is 0.984. The zero-order valence-corrected chi connectivity index (χ0v) is 10.6. The fraction of sp³-hybridized carbons (Fsp3) is 0.462. The predicted octanol–water partition coefficient (Wildman–Crippen LogP) is 1.29.